The molecule has 0 spiro atoms. The number of quaternary nitrogens is 1. The number of unbranched alkanes of at least 4 members (excludes halogenated alkanes) is 8. The molecule has 0 aromatic carbocycles. The van der Waals surface area contributed by atoms with Gasteiger partial charge in [-0.25, -0.2) is 0 Å². The summed E-state index contributed by atoms with van der Waals surface area (Å²) in [5.74, 6) is 0. The van der Waals surface area contributed by atoms with Crippen molar-refractivity contribution in [1.82, 2.24) is 5.32 Å². The average molecular weight is 257 g/mol. The Hall–Kier alpha value is -0.0800. The lowest BCUT2D eigenvalue weighted by molar-refractivity contribution is -0.870. The minimum atomic E-state index is 1.12. The monoisotopic (exact) mass is 257 g/mol. The molecule has 110 valence electrons. The second-order valence-electron chi connectivity index (χ2n) is 6.55. The van der Waals surface area contributed by atoms with Crippen molar-refractivity contribution in [2.75, 3.05) is 40.8 Å². The van der Waals surface area contributed by atoms with Crippen LogP contribution in [0.2, 0.25) is 0 Å². The van der Waals surface area contributed by atoms with Crippen LogP contribution in [0, 0.1) is 0 Å². The van der Waals surface area contributed by atoms with Crippen molar-refractivity contribution >= 4 is 0 Å². The molecule has 0 rings (SSSR count). The molecule has 0 aromatic heterocycles. The molecule has 0 radical (unpaired) electrons. The minimum Gasteiger partial charge on any atom is -0.331 e. The van der Waals surface area contributed by atoms with Crippen LogP contribution in [0.25, 0.3) is 0 Å². The lowest BCUT2D eigenvalue weighted by atomic mass is 10.1. The molecular formula is C16H37N2+. The molecule has 0 saturated carbocycles. The fourth-order valence-corrected chi connectivity index (χ4v) is 2.25. The summed E-state index contributed by atoms with van der Waals surface area (Å²) in [5.41, 5.74) is 0. The van der Waals surface area contributed by atoms with E-state index >= 15 is 0 Å². The van der Waals surface area contributed by atoms with Crippen LogP contribution < -0.4 is 5.32 Å². The molecule has 0 unspecified atom stereocenters. The lowest BCUT2D eigenvalue weighted by Crippen LogP contribution is -2.35. The third kappa shape index (κ3) is 15.9. The topological polar surface area (TPSA) is 12.0 Å². The van der Waals surface area contributed by atoms with Crippen LogP contribution in [0.4, 0.5) is 0 Å². The van der Waals surface area contributed by atoms with Crippen LogP contribution in [0.3, 0.4) is 0 Å². The highest BCUT2D eigenvalue weighted by molar-refractivity contribution is 4.49. The highest BCUT2D eigenvalue weighted by Gasteiger charge is 2.04. The maximum Gasteiger partial charge on any atom is 0.0780 e. The summed E-state index contributed by atoms with van der Waals surface area (Å²) in [6.45, 7) is 5.83. The predicted molar refractivity (Wildman–Crippen MR) is 83.0 cm³/mol. The predicted octanol–water partition coefficient (Wildman–Crippen LogP) is 3.81. The summed E-state index contributed by atoms with van der Waals surface area (Å²) >= 11 is 0. The van der Waals surface area contributed by atoms with Gasteiger partial charge in [0.2, 0.25) is 0 Å². The standard InChI is InChI=1S/C16H37N2/c1-5-17-15-13-11-9-7-6-8-10-12-14-16-18(2,3)4/h17H,5-16H2,1-4H3/q+1. The van der Waals surface area contributed by atoms with Gasteiger partial charge in [-0.2, -0.15) is 0 Å². The largest absolute Gasteiger partial charge is 0.331 e. The molecule has 0 bridgehead atoms. The SMILES string of the molecule is CCNCCCCCCCCCCC[N+](C)(C)C. The van der Waals surface area contributed by atoms with Crippen molar-refractivity contribution in [3.8, 4) is 0 Å². The molecule has 0 aliphatic heterocycles. The van der Waals surface area contributed by atoms with Crippen molar-refractivity contribution in [2.24, 2.45) is 0 Å². The van der Waals surface area contributed by atoms with E-state index in [2.05, 4.69) is 33.4 Å². The number of rotatable bonds is 13. The Balaban J connectivity index is 2.99. The van der Waals surface area contributed by atoms with E-state index in [9.17, 15) is 0 Å². The van der Waals surface area contributed by atoms with Gasteiger partial charge in [0.05, 0.1) is 27.7 Å². The molecule has 0 aromatic rings. The van der Waals surface area contributed by atoms with Gasteiger partial charge in [-0.05, 0) is 32.4 Å². The molecule has 0 atom stereocenters. The minimum absolute atomic E-state index is 1.12. The van der Waals surface area contributed by atoms with Gasteiger partial charge < -0.3 is 9.80 Å². The summed E-state index contributed by atoms with van der Waals surface area (Å²) in [6, 6.07) is 0. The van der Waals surface area contributed by atoms with Crippen LogP contribution in [0.5, 0.6) is 0 Å². The quantitative estimate of drug-likeness (QED) is 0.391. The molecule has 0 amide bonds. The van der Waals surface area contributed by atoms with E-state index in [4.69, 9.17) is 0 Å². The van der Waals surface area contributed by atoms with E-state index in [1.54, 1.807) is 0 Å². The number of hydrogen-bond donors (Lipinski definition) is 1. The number of hydrogen-bond acceptors (Lipinski definition) is 1. The third-order valence-electron chi connectivity index (χ3n) is 3.43. The van der Waals surface area contributed by atoms with Gasteiger partial charge in [-0.15, -0.1) is 0 Å². The maximum absolute atomic E-state index is 3.38. The van der Waals surface area contributed by atoms with E-state index in [0.717, 1.165) is 11.0 Å². The Bertz CT molecular complexity index is 161. The molecule has 0 heterocycles. The highest BCUT2D eigenvalue weighted by Crippen LogP contribution is 2.10. The molecule has 2 nitrogen and oxygen atoms in total. The fraction of sp³-hybridized carbons (Fsp3) is 1.00. The van der Waals surface area contributed by atoms with Crippen LogP contribution in [-0.4, -0.2) is 45.3 Å². The van der Waals surface area contributed by atoms with E-state index in [0.29, 0.717) is 0 Å². The van der Waals surface area contributed by atoms with Gasteiger partial charge in [0, 0.05) is 0 Å². The molecule has 0 aliphatic carbocycles. The van der Waals surface area contributed by atoms with Crippen LogP contribution in [0.1, 0.15) is 64.7 Å². The van der Waals surface area contributed by atoms with Crippen LogP contribution >= 0.6 is 0 Å². The Morgan fingerprint density at radius 2 is 1.11 bits per heavy atom. The Morgan fingerprint density at radius 3 is 1.56 bits per heavy atom. The van der Waals surface area contributed by atoms with Gasteiger partial charge in [-0.3, -0.25) is 0 Å². The normalized spacial score (nSPS) is 12.0. The zero-order chi connectivity index (χ0) is 13.7. The highest BCUT2D eigenvalue weighted by atomic mass is 15.3. The molecule has 0 aliphatic rings. The lowest BCUT2D eigenvalue weighted by Gasteiger charge is -2.23. The van der Waals surface area contributed by atoms with E-state index in [1.807, 2.05) is 0 Å². The molecule has 0 fully saturated rings. The fourth-order valence-electron chi connectivity index (χ4n) is 2.25. The number of nitrogens with zero attached hydrogens (tertiary/aromatic N) is 1. The van der Waals surface area contributed by atoms with E-state index in [-0.39, 0.29) is 0 Å². The van der Waals surface area contributed by atoms with Crippen LogP contribution in [0.15, 0.2) is 0 Å². The Morgan fingerprint density at radius 1 is 0.667 bits per heavy atom. The first-order valence-electron chi connectivity index (χ1n) is 8.07. The molecule has 2 heteroatoms. The van der Waals surface area contributed by atoms with E-state index in [1.165, 1.54) is 70.9 Å². The Labute approximate surface area is 116 Å². The Kier molecular flexibility index (Phi) is 11.9. The second-order valence-corrected chi connectivity index (χ2v) is 6.55. The van der Waals surface area contributed by atoms with Crippen molar-refractivity contribution in [3.05, 3.63) is 0 Å². The maximum atomic E-state index is 3.38. The summed E-state index contributed by atoms with van der Waals surface area (Å²) in [6.07, 6.45) is 12.8. The first-order valence-corrected chi connectivity index (χ1v) is 8.07. The smallest absolute Gasteiger partial charge is 0.0780 e. The summed E-state index contributed by atoms with van der Waals surface area (Å²) in [7, 11) is 6.86. The van der Waals surface area contributed by atoms with Gasteiger partial charge in [0.1, 0.15) is 0 Å². The molecule has 18 heavy (non-hydrogen) atoms. The average Bonchev–Trinajstić information content (AvgIpc) is 2.29. The first kappa shape index (κ1) is 17.9. The summed E-state index contributed by atoms with van der Waals surface area (Å²) in [4.78, 5) is 0. The van der Waals surface area contributed by atoms with Crippen LogP contribution in [-0.2, 0) is 0 Å². The molecular weight excluding hydrogens is 220 g/mol. The van der Waals surface area contributed by atoms with Gasteiger partial charge in [0.15, 0.2) is 0 Å². The first-order chi connectivity index (χ1) is 8.56. The van der Waals surface area contributed by atoms with Crippen molar-refractivity contribution in [1.29, 1.82) is 0 Å². The third-order valence-corrected chi connectivity index (χ3v) is 3.43. The van der Waals surface area contributed by atoms with Gasteiger partial charge in [-0.1, -0.05) is 45.4 Å². The zero-order valence-electron chi connectivity index (χ0n) is 13.4. The second kappa shape index (κ2) is 12.0. The van der Waals surface area contributed by atoms with E-state index < -0.39 is 0 Å². The summed E-state index contributed by atoms with van der Waals surface area (Å²) in [5, 5.41) is 3.38. The zero-order valence-corrected chi connectivity index (χ0v) is 13.4. The van der Waals surface area contributed by atoms with Crippen molar-refractivity contribution < 1.29 is 4.48 Å². The van der Waals surface area contributed by atoms with Crippen molar-refractivity contribution in [3.63, 3.8) is 0 Å². The summed E-state index contributed by atoms with van der Waals surface area (Å²) < 4.78 is 1.12. The van der Waals surface area contributed by atoms with Gasteiger partial charge >= 0.3 is 0 Å². The molecule has 1 N–H and O–H groups in total. The van der Waals surface area contributed by atoms with Gasteiger partial charge in [0.25, 0.3) is 0 Å². The van der Waals surface area contributed by atoms with Crippen molar-refractivity contribution in [2.45, 2.75) is 64.7 Å². The number of nitrogens with one attached hydrogen (secondary N) is 1. The molecule has 0 saturated heterocycles.